The minimum Gasteiger partial charge on any atom is -0.493 e. The van der Waals surface area contributed by atoms with Gasteiger partial charge < -0.3 is 24.2 Å². The summed E-state index contributed by atoms with van der Waals surface area (Å²) < 4.78 is 11.5. The minimum absolute atomic E-state index is 0.0693. The lowest BCUT2D eigenvalue weighted by Crippen LogP contribution is -2.49. The van der Waals surface area contributed by atoms with Gasteiger partial charge in [0, 0.05) is 50.5 Å². The molecule has 2 amide bonds. The van der Waals surface area contributed by atoms with Gasteiger partial charge in [0.2, 0.25) is 0 Å². The second-order valence-electron chi connectivity index (χ2n) is 12.8. The molecule has 0 aliphatic carbocycles. The third-order valence-corrected chi connectivity index (χ3v) is 7.47. The standard InChI is InChI=1S/C32H45N3O4/c1-31(2,3)27-9-7-8-10-28(27)33-19-21-34(22-20-33)29(36)25-11-13-26(14-12-25)38-23-24-15-17-35(18-16-24)30(37)39-32(4,5)6/h7-14,24H,15-23H2,1-6H3. The molecule has 4 rings (SSSR count). The van der Waals surface area contributed by atoms with Crippen molar-refractivity contribution in [3.8, 4) is 5.75 Å². The third kappa shape index (κ3) is 7.68. The summed E-state index contributed by atoms with van der Waals surface area (Å²) in [6, 6.07) is 16.1. The molecule has 2 aromatic carbocycles. The fourth-order valence-electron chi connectivity index (χ4n) is 5.23. The van der Waals surface area contributed by atoms with Gasteiger partial charge in [-0.1, -0.05) is 39.0 Å². The molecule has 2 aliphatic heterocycles. The van der Waals surface area contributed by atoms with Crippen molar-refractivity contribution in [2.45, 2.75) is 65.4 Å². The molecule has 2 heterocycles. The van der Waals surface area contributed by atoms with E-state index in [9.17, 15) is 9.59 Å². The smallest absolute Gasteiger partial charge is 0.410 e. The van der Waals surface area contributed by atoms with E-state index in [-0.39, 0.29) is 17.4 Å². The van der Waals surface area contributed by atoms with E-state index in [1.807, 2.05) is 49.9 Å². The Morgan fingerprint density at radius 1 is 0.795 bits per heavy atom. The van der Waals surface area contributed by atoms with E-state index >= 15 is 0 Å². The van der Waals surface area contributed by atoms with Crippen molar-refractivity contribution in [3.63, 3.8) is 0 Å². The predicted octanol–water partition coefficient (Wildman–Crippen LogP) is 5.97. The highest BCUT2D eigenvalue weighted by Gasteiger charge is 2.28. The Morgan fingerprint density at radius 3 is 2.00 bits per heavy atom. The molecule has 2 aromatic rings. The van der Waals surface area contributed by atoms with Crippen LogP contribution in [0.3, 0.4) is 0 Å². The van der Waals surface area contributed by atoms with E-state index in [0.29, 0.717) is 44.3 Å². The molecule has 7 heteroatoms. The molecule has 0 atom stereocenters. The Kier molecular flexibility index (Phi) is 8.77. The number of piperazine rings is 1. The lowest BCUT2D eigenvalue weighted by molar-refractivity contribution is 0.0164. The Labute approximate surface area is 234 Å². The maximum absolute atomic E-state index is 13.2. The summed E-state index contributed by atoms with van der Waals surface area (Å²) in [6.07, 6.45) is 1.54. The minimum atomic E-state index is -0.475. The van der Waals surface area contributed by atoms with Gasteiger partial charge in [-0.2, -0.15) is 0 Å². The molecule has 0 N–H and O–H groups in total. The summed E-state index contributed by atoms with van der Waals surface area (Å²) in [4.78, 5) is 31.6. The van der Waals surface area contributed by atoms with Crippen LogP contribution in [0.2, 0.25) is 0 Å². The van der Waals surface area contributed by atoms with Crippen molar-refractivity contribution in [3.05, 3.63) is 59.7 Å². The van der Waals surface area contributed by atoms with Crippen molar-refractivity contribution in [2.24, 2.45) is 5.92 Å². The maximum Gasteiger partial charge on any atom is 0.410 e. The highest BCUT2D eigenvalue weighted by atomic mass is 16.6. The molecule has 212 valence electrons. The highest BCUT2D eigenvalue weighted by molar-refractivity contribution is 5.94. The summed E-state index contributed by atoms with van der Waals surface area (Å²) in [5.74, 6) is 1.23. The lowest BCUT2D eigenvalue weighted by atomic mass is 9.85. The van der Waals surface area contributed by atoms with E-state index in [4.69, 9.17) is 9.47 Å². The zero-order chi connectivity index (χ0) is 28.2. The number of nitrogens with zero attached hydrogens (tertiary/aromatic N) is 3. The number of hydrogen-bond acceptors (Lipinski definition) is 5. The van der Waals surface area contributed by atoms with Crippen LogP contribution < -0.4 is 9.64 Å². The van der Waals surface area contributed by atoms with Crippen LogP contribution in [-0.4, -0.2) is 73.3 Å². The van der Waals surface area contributed by atoms with E-state index in [0.717, 1.165) is 31.7 Å². The first-order valence-electron chi connectivity index (χ1n) is 14.3. The first-order valence-corrected chi connectivity index (χ1v) is 14.3. The summed E-state index contributed by atoms with van der Waals surface area (Å²) in [5, 5.41) is 0. The van der Waals surface area contributed by atoms with Crippen molar-refractivity contribution in [1.29, 1.82) is 0 Å². The number of carbonyl (C=O) groups excluding carboxylic acids is 2. The number of rotatable bonds is 5. The second-order valence-corrected chi connectivity index (χ2v) is 12.8. The van der Waals surface area contributed by atoms with Crippen molar-refractivity contribution in [1.82, 2.24) is 9.80 Å². The number of amides is 2. The molecule has 0 bridgehead atoms. The Balaban J connectivity index is 1.23. The molecule has 0 radical (unpaired) electrons. The van der Waals surface area contributed by atoms with Crippen LogP contribution in [0.25, 0.3) is 0 Å². The van der Waals surface area contributed by atoms with Gasteiger partial charge >= 0.3 is 6.09 Å². The zero-order valence-corrected chi connectivity index (χ0v) is 24.5. The predicted molar refractivity (Wildman–Crippen MR) is 156 cm³/mol. The fraction of sp³-hybridized carbons (Fsp3) is 0.562. The van der Waals surface area contributed by atoms with E-state index in [2.05, 4.69) is 49.9 Å². The molecular formula is C32H45N3O4. The average Bonchev–Trinajstić information content (AvgIpc) is 2.91. The molecule has 2 fully saturated rings. The summed E-state index contributed by atoms with van der Waals surface area (Å²) in [7, 11) is 0. The Bertz CT molecular complexity index is 1120. The number of piperidine rings is 1. The number of ether oxygens (including phenoxy) is 2. The highest BCUT2D eigenvalue weighted by Crippen LogP contribution is 2.32. The van der Waals surface area contributed by atoms with Crippen LogP contribution in [0.15, 0.2) is 48.5 Å². The molecule has 0 saturated carbocycles. The van der Waals surface area contributed by atoms with Gasteiger partial charge in [-0.3, -0.25) is 4.79 Å². The second kappa shape index (κ2) is 11.9. The van der Waals surface area contributed by atoms with Crippen LogP contribution in [0.4, 0.5) is 10.5 Å². The SMILES string of the molecule is CC(C)(C)OC(=O)N1CCC(COc2ccc(C(=O)N3CCN(c4ccccc4C(C)(C)C)CC3)cc2)CC1. The molecule has 0 unspecified atom stereocenters. The quantitative estimate of drug-likeness (QED) is 0.472. The van der Waals surface area contributed by atoms with Crippen LogP contribution in [-0.2, 0) is 10.2 Å². The van der Waals surface area contributed by atoms with Gasteiger partial charge in [0.25, 0.3) is 5.91 Å². The van der Waals surface area contributed by atoms with Gasteiger partial charge in [0.1, 0.15) is 11.4 Å². The van der Waals surface area contributed by atoms with Gasteiger partial charge in [-0.05, 0) is 80.8 Å². The first-order chi connectivity index (χ1) is 18.4. The Morgan fingerprint density at radius 2 is 1.41 bits per heavy atom. The number of para-hydroxylation sites is 1. The van der Waals surface area contributed by atoms with Crippen molar-refractivity contribution in [2.75, 3.05) is 50.8 Å². The molecular weight excluding hydrogens is 490 g/mol. The normalized spacial score (nSPS) is 17.2. The van der Waals surface area contributed by atoms with E-state index in [1.165, 1.54) is 11.3 Å². The molecule has 0 spiro atoms. The number of likely N-dealkylation sites (tertiary alicyclic amines) is 1. The summed E-state index contributed by atoms with van der Waals surface area (Å²) in [5.41, 5.74) is 2.90. The lowest BCUT2D eigenvalue weighted by Gasteiger charge is -2.38. The van der Waals surface area contributed by atoms with Crippen LogP contribution in [0.5, 0.6) is 5.75 Å². The fourth-order valence-corrected chi connectivity index (χ4v) is 5.23. The van der Waals surface area contributed by atoms with E-state index < -0.39 is 5.60 Å². The average molecular weight is 536 g/mol. The molecule has 7 nitrogen and oxygen atoms in total. The zero-order valence-electron chi connectivity index (χ0n) is 24.5. The van der Waals surface area contributed by atoms with Crippen molar-refractivity contribution < 1.29 is 19.1 Å². The largest absolute Gasteiger partial charge is 0.493 e. The molecule has 2 aliphatic rings. The third-order valence-electron chi connectivity index (χ3n) is 7.47. The number of hydrogen-bond donors (Lipinski definition) is 0. The van der Waals surface area contributed by atoms with Gasteiger partial charge in [0.05, 0.1) is 6.61 Å². The molecule has 39 heavy (non-hydrogen) atoms. The van der Waals surface area contributed by atoms with E-state index in [1.54, 1.807) is 4.90 Å². The monoisotopic (exact) mass is 535 g/mol. The molecule has 2 saturated heterocycles. The summed E-state index contributed by atoms with van der Waals surface area (Å²) >= 11 is 0. The number of anilines is 1. The van der Waals surface area contributed by atoms with Crippen LogP contribution in [0.1, 0.15) is 70.3 Å². The van der Waals surface area contributed by atoms with Crippen LogP contribution in [0, 0.1) is 5.92 Å². The number of carbonyl (C=O) groups is 2. The molecule has 0 aromatic heterocycles. The summed E-state index contributed by atoms with van der Waals surface area (Å²) in [6.45, 7) is 17.4. The van der Waals surface area contributed by atoms with Gasteiger partial charge in [-0.25, -0.2) is 4.79 Å². The topological polar surface area (TPSA) is 62.3 Å². The van der Waals surface area contributed by atoms with Crippen molar-refractivity contribution >= 4 is 17.7 Å². The van der Waals surface area contributed by atoms with Crippen LogP contribution >= 0.6 is 0 Å². The maximum atomic E-state index is 13.2. The Hall–Kier alpha value is -3.22. The first kappa shape index (κ1) is 28.8. The number of benzene rings is 2. The van der Waals surface area contributed by atoms with Gasteiger partial charge in [-0.15, -0.1) is 0 Å². The van der Waals surface area contributed by atoms with Gasteiger partial charge in [0.15, 0.2) is 0 Å².